The largest absolute Gasteiger partial charge is 0.481 e. The minimum Gasteiger partial charge on any atom is -0.481 e. The first-order chi connectivity index (χ1) is 11.4. The van der Waals surface area contributed by atoms with E-state index in [1.807, 2.05) is 0 Å². The molecule has 0 aliphatic heterocycles. The molecular weight excluding hydrogens is 312 g/mol. The van der Waals surface area contributed by atoms with Crippen LogP contribution in [0, 0.1) is 11.8 Å². The molecule has 0 atom stereocenters. The van der Waals surface area contributed by atoms with E-state index in [1.54, 1.807) is 6.92 Å². The van der Waals surface area contributed by atoms with Crippen LogP contribution in [0.4, 0.5) is 0 Å². The molecule has 0 spiro atoms. The summed E-state index contributed by atoms with van der Waals surface area (Å²) >= 11 is 0. The summed E-state index contributed by atoms with van der Waals surface area (Å²) < 4.78 is 10.5. The first-order valence-corrected chi connectivity index (χ1v) is 9.00. The summed E-state index contributed by atoms with van der Waals surface area (Å²) in [4.78, 5) is 32.9. The average Bonchev–Trinajstić information content (AvgIpc) is 2.55. The van der Waals surface area contributed by atoms with Crippen molar-refractivity contribution >= 4 is 17.9 Å². The summed E-state index contributed by atoms with van der Waals surface area (Å²) in [5, 5.41) is 7.42. The maximum atomic E-state index is 12.0. The SMILES string of the molecule is CC(=O)O.CC(OC(=O)C1CCCCC1)OC(=O)C1CCCCC1. The number of hydrogen-bond donors (Lipinski definition) is 1. The van der Waals surface area contributed by atoms with Crippen LogP contribution in [0.15, 0.2) is 0 Å². The van der Waals surface area contributed by atoms with E-state index in [0.717, 1.165) is 58.3 Å². The Balaban J connectivity index is 0.000000648. The van der Waals surface area contributed by atoms with Crippen molar-refractivity contribution in [2.45, 2.75) is 84.3 Å². The molecule has 138 valence electrons. The van der Waals surface area contributed by atoms with Crippen LogP contribution in [0.25, 0.3) is 0 Å². The molecule has 0 heterocycles. The summed E-state index contributed by atoms with van der Waals surface area (Å²) in [6.07, 6.45) is 9.65. The molecule has 2 fully saturated rings. The molecule has 2 saturated carbocycles. The minimum atomic E-state index is -0.833. The topological polar surface area (TPSA) is 89.9 Å². The fourth-order valence-electron chi connectivity index (χ4n) is 3.22. The zero-order valence-electron chi connectivity index (χ0n) is 14.8. The molecule has 0 radical (unpaired) electrons. The standard InChI is InChI=1S/C16H26O4.C2H4O2/c1-12(19-15(17)13-8-4-2-5-9-13)20-16(18)14-10-6-3-7-11-14;1-2(3)4/h12-14H,2-11H2,1H3;1H3,(H,3,4). The first kappa shape index (κ1) is 20.5. The fourth-order valence-corrected chi connectivity index (χ4v) is 3.22. The Bertz CT molecular complexity index is 372. The van der Waals surface area contributed by atoms with Crippen LogP contribution in [-0.2, 0) is 23.9 Å². The van der Waals surface area contributed by atoms with Crippen molar-refractivity contribution in [3.63, 3.8) is 0 Å². The lowest BCUT2D eigenvalue weighted by atomic mass is 9.89. The van der Waals surface area contributed by atoms with Gasteiger partial charge in [-0.1, -0.05) is 38.5 Å². The Morgan fingerprint density at radius 1 is 0.792 bits per heavy atom. The summed E-state index contributed by atoms with van der Waals surface area (Å²) in [5.74, 6) is -1.23. The third-order valence-corrected chi connectivity index (χ3v) is 4.44. The Morgan fingerprint density at radius 3 is 1.38 bits per heavy atom. The average molecular weight is 342 g/mol. The summed E-state index contributed by atoms with van der Waals surface area (Å²) in [6, 6.07) is 0. The van der Waals surface area contributed by atoms with Gasteiger partial charge in [0.25, 0.3) is 5.97 Å². The summed E-state index contributed by atoms with van der Waals surface area (Å²) in [7, 11) is 0. The monoisotopic (exact) mass is 342 g/mol. The zero-order chi connectivity index (χ0) is 17.9. The highest BCUT2D eigenvalue weighted by molar-refractivity contribution is 5.74. The van der Waals surface area contributed by atoms with E-state index in [0.29, 0.717) is 0 Å². The van der Waals surface area contributed by atoms with Gasteiger partial charge < -0.3 is 14.6 Å². The fraction of sp³-hybridized carbons (Fsp3) is 0.833. The van der Waals surface area contributed by atoms with Gasteiger partial charge in [0, 0.05) is 13.8 Å². The third-order valence-electron chi connectivity index (χ3n) is 4.44. The number of carboxylic acids is 1. The van der Waals surface area contributed by atoms with E-state index < -0.39 is 12.3 Å². The number of rotatable bonds is 4. The smallest absolute Gasteiger partial charge is 0.311 e. The molecule has 6 nitrogen and oxygen atoms in total. The lowest BCUT2D eigenvalue weighted by molar-refractivity contribution is -0.191. The molecule has 24 heavy (non-hydrogen) atoms. The molecule has 2 aliphatic carbocycles. The molecule has 1 N–H and O–H groups in total. The van der Waals surface area contributed by atoms with Crippen molar-refractivity contribution in [1.82, 2.24) is 0 Å². The van der Waals surface area contributed by atoms with Crippen molar-refractivity contribution in [1.29, 1.82) is 0 Å². The number of aliphatic carboxylic acids is 1. The Hall–Kier alpha value is -1.59. The van der Waals surface area contributed by atoms with Gasteiger partial charge in [-0.2, -0.15) is 0 Å². The maximum absolute atomic E-state index is 12.0. The highest BCUT2D eigenvalue weighted by Crippen LogP contribution is 2.27. The highest BCUT2D eigenvalue weighted by atomic mass is 16.7. The Kier molecular flexibility index (Phi) is 9.42. The normalized spacial score (nSPS) is 19.1. The number of carboxylic acid groups (broad SMARTS) is 1. The van der Waals surface area contributed by atoms with Gasteiger partial charge in [0.2, 0.25) is 6.29 Å². The molecular formula is C18H30O6. The summed E-state index contributed by atoms with van der Waals surface area (Å²) in [5.41, 5.74) is 0. The molecule has 0 bridgehead atoms. The van der Waals surface area contributed by atoms with Gasteiger partial charge in [0.05, 0.1) is 11.8 Å². The van der Waals surface area contributed by atoms with E-state index >= 15 is 0 Å². The lowest BCUT2D eigenvalue weighted by Crippen LogP contribution is -2.30. The highest BCUT2D eigenvalue weighted by Gasteiger charge is 2.27. The van der Waals surface area contributed by atoms with Crippen molar-refractivity contribution in [2.24, 2.45) is 11.8 Å². The molecule has 0 saturated heterocycles. The number of esters is 2. The lowest BCUT2D eigenvalue weighted by Gasteiger charge is -2.24. The second-order valence-electron chi connectivity index (χ2n) is 6.63. The molecule has 0 aromatic heterocycles. The van der Waals surface area contributed by atoms with Crippen molar-refractivity contribution in [2.75, 3.05) is 0 Å². The molecule has 2 rings (SSSR count). The Morgan fingerprint density at radius 2 is 1.08 bits per heavy atom. The van der Waals surface area contributed by atoms with Crippen molar-refractivity contribution in [3.8, 4) is 0 Å². The van der Waals surface area contributed by atoms with E-state index in [2.05, 4.69) is 0 Å². The molecule has 0 aromatic carbocycles. The second kappa shape index (κ2) is 11.0. The van der Waals surface area contributed by atoms with Gasteiger partial charge in [0.1, 0.15) is 0 Å². The van der Waals surface area contributed by atoms with Crippen LogP contribution in [0.3, 0.4) is 0 Å². The Labute approximate surface area is 143 Å². The van der Waals surface area contributed by atoms with Crippen LogP contribution in [0.5, 0.6) is 0 Å². The van der Waals surface area contributed by atoms with Gasteiger partial charge in [-0.3, -0.25) is 14.4 Å². The second-order valence-corrected chi connectivity index (χ2v) is 6.63. The van der Waals surface area contributed by atoms with Crippen molar-refractivity contribution in [3.05, 3.63) is 0 Å². The van der Waals surface area contributed by atoms with Gasteiger partial charge in [-0.15, -0.1) is 0 Å². The van der Waals surface area contributed by atoms with Crippen LogP contribution < -0.4 is 0 Å². The number of carbonyl (C=O) groups is 3. The predicted molar refractivity (Wildman–Crippen MR) is 88.1 cm³/mol. The van der Waals surface area contributed by atoms with Crippen molar-refractivity contribution < 1.29 is 29.0 Å². The third kappa shape index (κ3) is 8.31. The molecule has 0 unspecified atom stereocenters. The van der Waals surface area contributed by atoms with E-state index in [1.165, 1.54) is 12.8 Å². The zero-order valence-corrected chi connectivity index (χ0v) is 14.8. The molecule has 6 heteroatoms. The van der Waals surface area contributed by atoms with Crippen LogP contribution in [0.2, 0.25) is 0 Å². The molecule has 0 aromatic rings. The molecule has 2 aliphatic rings. The van der Waals surface area contributed by atoms with E-state index in [-0.39, 0.29) is 23.8 Å². The number of carbonyl (C=O) groups excluding carboxylic acids is 2. The minimum absolute atomic E-state index is 0.000386. The number of ether oxygens (including phenoxy) is 2. The van der Waals surface area contributed by atoms with Gasteiger partial charge in [0.15, 0.2) is 0 Å². The van der Waals surface area contributed by atoms with Gasteiger partial charge in [-0.05, 0) is 25.7 Å². The quantitative estimate of drug-likeness (QED) is 0.619. The van der Waals surface area contributed by atoms with Crippen LogP contribution in [-0.4, -0.2) is 29.3 Å². The van der Waals surface area contributed by atoms with Gasteiger partial charge >= 0.3 is 11.9 Å². The first-order valence-electron chi connectivity index (χ1n) is 9.00. The van der Waals surface area contributed by atoms with Crippen LogP contribution in [0.1, 0.15) is 78.1 Å². The van der Waals surface area contributed by atoms with E-state index in [4.69, 9.17) is 19.4 Å². The maximum Gasteiger partial charge on any atom is 0.311 e. The van der Waals surface area contributed by atoms with Gasteiger partial charge in [-0.25, -0.2) is 0 Å². The van der Waals surface area contributed by atoms with E-state index in [9.17, 15) is 9.59 Å². The molecule has 0 amide bonds. The number of hydrogen-bond acceptors (Lipinski definition) is 5. The van der Waals surface area contributed by atoms with Crippen LogP contribution >= 0.6 is 0 Å². The summed E-state index contributed by atoms with van der Waals surface area (Å²) in [6.45, 7) is 2.72. The predicted octanol–water partition coefficient (Wildman–Crippen LogP) is 3.67.